The molecule has 30 heavy (non-hydrogen) atoms. The third-order valence-electron chi connectivity index (χ3n) is 8.22. The minimum Gasteiger partial charge on any atom is -0.326 e. The topological polar surface area (TPSA) is 66.5 Å². The highest BCUT2D eigenvalue weighted by Crippen LogP contribution is 2.65. The van der Waals surface area contributed by atoms with E-state index in [4.69, 9.17) is 11.6 Å². The number of allylic oxidation sites excluding steroid dienone is 2. The van der Waals surface area contributed by atoms with Gasteiger partial charge in [0.25, 0.3) is 0 Å². The van der Waals surface area contributed by atoms with Crippen molar-refractivity contribution in [2.45, 2.75) is 38.1 Å². The Kier molecular flexibility index (Phi) is 4.14. The van der Waals surface area contributed by atoms with E-state index in [2.05, 4.69) is 17.5 Å². The van der Waals surface area contributed by atoms with Crippen LogP contribution in [-0.2, 0) is 14.4 Å². The number of rotatable bonds is 3. The summed E-state index contributed by atoms with van der Waals surface area (Å²) in [7, 11) is 0. The minimum absolute atomic E-state index is 0.00852. The van der Waals surface area contributed by atoms with Gasteiger partial charge >= 0.3 is 0 Å². The Balaban J connectivity index is 1.12. The molecular formula is C24H25ClN2O3. The maximum absolute atomic E-state index is 13.3. The molecular weight excluding hydrogens is 400 g/mol. The fourth-order valence-corrected chi connectivity index (χ4v) is 6.94. The second-order valence-corrected chi connectivity index (χ2v) is 10.1. The molecule has 2 bridgehead atoms. The third-order valence-corrected chi connectivity index (χ3v) is 8.46. The van der Waals surface area contributed by atoms with Crippen LogP contribution < -0.4 is 5.32 Å². The first-order valence-electron chi connectivity index (χ1n) is 11.1. The van der Waals surface area contributed by atoms with E-state index in [1.165, 1.54) is 6.42 Å². The van der Waals surface area contributed by atoms with Gasteiger partial charge in [0.2, 0.25) is 17.7 Å². The van der Waals surface area contributed by atoms with Crippen molar-refractivity contribution in [3.05, 3.63) is 41.4 Å². The molecule has 0 spiro atoms. The molecule has 4 fully saturated rings. The van der Waals surface area contributed by atoms with Crippen LogP contribution in [0.5, 0.6) is 0 Å². The van der Waals surface area contributed by atoms with E-state index in [-0.39, 0.29) is 53.4 Å². The number of benzene rings is 1. The Bertz CT molecular complexity index is 931. The summed E-state index contributed by atoms with van der Waals surface area (Å²) in [5.74, 6) is 1.56. The van der Waals surface area contributed by atoms with Gasteiger partial charge in [-0.1, -0.05) is 29.8 Å². The molecule has 0 unspecified atom stereocenters. The summed E-state index contributed by atoms with van der Waals surface area (Å²) in [6, 6.07) is 7.09. The molecule has 7 rings (SSSR count). The Morgan fingerprint density at radius 3 is 2.20 bits per heavy atom. The van der Waals surface area contributed by atoms with E-state index in [9.17, 15) is 14.4 Å². The van der Waals surface area contributed by atoms with Gasteiger partial charge in [-0.25, -0.2) is 0 Å². The average Bonchev–Trinajstić information content (AvgIpc) is 3.52. The number of anilines is 1. The second-order valence-electron chi connectivity index (χ2n) is 9.71. The van der Waals surface area contributed by atoms with Crippen LogP contribution in [0.25, 0.3) is 0 Å². The van der Waals surface area contributed by atoms with Crippen LogP contribution >= 0.6 is 11.6 Å². The number of hydrogen-bond acceptors (Lipinski definition) is 3. The standard InChI is InChI=1S/C24H25ClN2O3/c25-13-2-1-3-14(10-13)26-22(28)12-4-6-15(7-5-12)27-23(29)20-16-8-9-17(19-11-18(16)19)21(20)24(27)30/h1-3,8-10,12,15-21H,4-7,11H2,(H,26,28)/t12?,15?,16-,17-,18-,19-,20+,21+/m0/s1. The molecule has 1 aliphatic heterocycles. The fourth-order valence-electron chi connectivity index (χ4n) is 6.75. The van der Waals surface area contributed by atoms with Crippen molar-refractivity contribution in [1.82, 2.24) is 4.90 Å². The first kappa shape index (κ1) is 18.6. The Morgan fingerprint density at radius 1 is 0.967 bits per heavy atom. The van der Waals surface area contributed by atoms with Crippen LogP contribution in [0.1, 0.15) is 32.1 Å². The van der Waals surface area contributed by atoms with Crippen LogP contribution in [0.3, 0.4) is 0 Å². The molecule has 0 radical (unpaired) electrons. The number of carbonyl (C=O) groups is 3. The number of halogens is 1. The molecule has 6 heteroatoms. The molecule has 3 amide bonds. The molecule has 1 aromatic rings. The maximum atomic E-state index is 13.3. The molecule has 5 aliphatic carbocycles. The van der Waals surface area contributed by atoms with Crippen molar-refractivity contribution in [3.8, 4) is 0 Å². The van der Waals surface area contributed by atoms with Crippen molar-refractivity contribution in [2.75, 3.05) is 5.32 Å². The van der Waals surface area contributed by atoms with E-state index < -0.39 is 0 Å². The monoisotopic (exact) mass is 424 g/mol. The first-order valence-corrected chi connectivity index (χ1v) is 11.5. The largest absolute Gasteiger partial charge is 0.326 e. The summed E-state index contributed by atoms with van der Waals surface area (Å²) in [6.45, 7) is 0. The molecule has 1 N–H and O–H groups in total. The highest BCUT2D eigenvalue weighted by Gasteiger charge is 2.67. The summed E-state index contributed by atoms with van der Waals surface area (Å²) in [5.41, 5.74) is 0.699. The van der Waals surface area contributed by atoms with Gasteiger partial charge in [-0.2, -0.15) is 0 Å². The quantitative estimate of drug-likeness (QED) is 0.591. The van der Waals surface area contributed by atoms with Crippen molar-refractivity contribution >= 4 is 35.0 Å². The number of likely N-dealkylation sites (tertiary alicyclic amines) is 1. The fraction of sp³-hybridized carbons (Fsp3) is 0.542. The van der Waals surface area contributed by atoms with Crippen molar-refractivity contribution in [1.29, 1.82) is 0 Å². The summed E-state index contributed by atoms with van der Waals surface area (Å²) >= 11 is 6.00. The lowest BCUT2D eigenvalue weighted by molar-refractivity contribution is -0.144. The predicted molar refractivity (Wildman–Crippen MR) is 112 cm³/mol. The molecule has 156 valence electrons. The lowest BCUT2D eigenvalue weighted by atomic mass is 9.63. The number of nitrogens with one attached hydrogen (secondary N) is 1. The Morgan fingerprint density at radius 2 is 1.60 bits per heavy atom. The first-order chi connectivity index (χ1) is 14.5. The van der Waals surface area contributed by atoms with Gasteiger partial charge in [-0.15, -0.1) is 0 Å². The molecule has 3 saturated carbocycles. The zero-order chi connectivity index (χ0) is 20.6. The van der Waals surface area contributed by atoms with Crippen LogP contribution in [-0.4, -0.2) is 28.7 Å². The van der Waals surface area contributed by atoms with Gasteiger partial charge in [-0.05, 0) is 74.0 Å². The van der Waals surface area contributed by atoms with Gasteiger partial charge in [0.1, 0.15) is 0 Å². The molecule has 1 heterocycles. The summed E-state index contributed by atoms with van der Waals surface area (Å²) < 4.78 is 0. The summed E-state index contributed by atoms with van der Waals surface area (Å²) in [4.78, 5) is 40.8. The molecule has 6 atom stereocenters. The van der Waals surface area contributed by atoms with Gasteiger partial charge in [0.15, 0.2) is 0 Å². The van der Waals surface area contributed by atoms with E-state index >= 15 is 0 Å². The molecule has 5 nitrogen and oxygen atoms in total. The number of imide groups is 1. The Labute approximate surface area is 180 Å². The van der Waals surface area contributed by atoms with Crippen molar-refractivity contribution < 1.29 is 14.4 Å². The van der Waals surface area contributed by atoms with Gasteiger partial charge in [-0.3, -0.25) is 19.3 Å². The van der Waals surface area contributed by atoms with Crippen LogP contribution in [0.4, 0.5) is 5.69 Å². The average molecular weight is 425 g/mol. The number of hydrogen-bond donors (Lipinski definition) is 1. The lowest BCUT2D eigenvalue weighted by Crippen LogP contribution is -2.44. The minimum atomic E-state index is -0.125. The van der Waals surface area contributed by atoms with Crippen molar-refractivity contribution in [3.63, 3.8) is 0 Å². The van der Waals surface area contributed by atoms with Gasteiger partial charge in [0.05, 0.1) is 11.8 Å². The number of amides is 3. The van der Waals surface area contributed by atoms with E-state index in [1.807, 2.05) is 12.1 Å². The zero-order valence-corrected chi connectivity index (χ0v) is 17.4. The maximum Gasteiger partial charge on any atom is 0.233 e. The molecule has 0 aromatic heterocycles. The lowest BCUT2D eigenvalue weighted by Gasteiger charge is -2.37. The number of carbonyl (C=O) groups excluding carboxylic acids is 3. The van der Waals surface area contributed by atoms with Crippen LogP contribution in [0.15, 0.2) is 36.4 Å². The molecule has 1 saturated heterocycles. The third kappa shape index (κ3) is 2.71. The van der Waals surface area contributed by atoms with Gasteiger partial charge in [0, 0.05) is 22.7 Å². The van der Waals surface area contributed by atoms with E-state index in [0.29, 0.717) is 48.2 Å². The highest BCUT2D eigenvalue weighted by atomic mass is 35.5. The normalized spacial score (nSPS) is 40.9. The summed E-state index contributed by atoms with van der Waals surface area (Å²) in [6.07, 6.45) is 8.42. The van der Waals surface area contributed by atoms with E-state index in [0.717, 1.165) is 0 Å². The Hall–Kier alpha value is -2.14. The molecule has 1 aromatic carbocycles. The predicted octanol–water partition coefficient (Wildman–Crippen LogP) is 3.89. The smallest absolute Gasteiger partial charge is 0.233 e. The zero-order valence-electron chi connectivity index (χ0n) is 16.7. The van der Waals surface area contributed by atoms with E-state index in [1.54, 1.807) is 17.0 Å². The van der Waals surface area contributed by atoms with Crippen molar-refractivity contribution in [2.24, 2.45) is 41.4 Å². The van der Waals surface area contributed by atoms with Gasteiger partial charge < -0.3 is 5.32 Å². The van der Waals surface area contributed by atoms with Crippen LogP contribution in [0, 0.1) is 41.4 Å². The SMILES string of the molecule is O=C(Nc1cccc(Cl)c1)C1CCC(N2C(=O)[C@@H]3[C@H]4C=C[C@@H]([C@@H]5C[C@@H]45)[C@H]3C2=O)CC1. The van der Waals surface area contributed by atoms with Crippen LogP contribution in [0.2, 0.25) is 5.02 Å². The molecule has 6 aliphatic rings. The highest BCUT2D eigenvalue weighted by molar-refractivity contribution is 6.30. The second kappa shape index (κ2) is 6.68. The number of nitrogens with zero attached hydrogens (tertiary/aromatic N) is 1. The summed E-state index contributed by atoms with van der Waals surface area (Å²) in [5, 5.41) is 3.53.